The van der Waals surface area contributed by atoms with Crippen molar-refractivity contribution in [2.75, 3.05) is 29.5 Å². The van der Waals surface area contributed by atoms with Gasteiger partial charge in [0.2, 0.25) is 0 Å². The number of aromatic nitrogens is 2. The normalized spacial score (nSPS) is 16.9. The van der Waals surface area contributed by atoms with Crippen molar-refractivity contribution in [1.29, 1.82) is 0 Å². The maximum Gasteiger partial charge on any atom is 0.194 e. The summed E-state index contributed by atoms with van der Waals surface area (Å²) in [6, 6.07) is 8.04. The minimum atomic E-state index is -2.96. The first kappa shape index (κ1) is 16.8. The van der Waals surface area contributed by atoms with Crippen molar-refractivity contribution in [3.05, 3.63) is 48.2 Å². The van der Waals surface area contributed by atoms with Crippen LogP contribution < -0.4 is 4.90 Å². The van der Waals surface area contributed by atoms with Crippen LogP contribution in [0.1, 0.15) is 0 Å². The van der Waals surface area contributed by atoms with Crippen LogP contribution in [-0.4, -0.2) is 47.9 Å². The second-order valence-corrected chi connectivity index (χ2v) is 8.47. The number of sulfone groups is 1. The van der Waals surface area contributed by atoms with Gasteiger partial charge in [0.05, 0.1) is 23.4 Å². The molecule has 3 aromatic rings. The predicted octanol–water partition coefficient (Wildman–Crippen LogP) is 2.24. The summed E-state index contributed by atoms with van der Waals surface area (Å²) in [6.45, 7) is 0.850. The highest BCUT2D eigenvalue weighted by Crippen LogP contribution is 2.30. The Hall–Kier alpha value is -2.68. The van der Waals surface area contributed by atoms with E-state index in [0.29, 0.717) is 18.8 Å². The van der Waals surface area contributed by atoms with E-state index in [-0.39, 0.29) is 22.4 Å². The fraction of sp³-hybridized carbons (Fsp3) is 0.235. The summed E-state index contributed by atoms with van der Waals surface area (Å²) in [5.41, 5.74) is 1.38. The highest BCUT2D eigenvalue weighted by Gasteiger charge is 2.22. The molecule has 0 atom stereocenters. The number of hydrogen-bond donors (Lipinski definition) is 1. The second kappa shape index (κ2) is 5.94. The van der Waals surface area contributed by atoms with Crippen LogP contribution in [0.25, 0.3) is 16.6 Å². The van der Waals surface area contributed by atoms with E-state index in [4.69, 9.17) is 0 Å². The Morgan fingerprint density at radius 1 is 1.04 bits per heavy atom. The van der Waals surface area contributed by atoms with Gasteiger partial charge in [-0.2, -0.15) is 5.10 Å². The summed E-state index contributed by atoms with van der Waals surface area (Å²) in [5, 5.41) is 13.8. The Morgan fingerprint density at radius 3 is 2.31 bits per heavy atom. The van der Waals surface area contributed by atoms with Gasteiger partial charge in [0.25, 0.3) is 0 Å². The highest BCUT2D eigenvalue weighted by molar-refractivity contribution is 7.91. The Bertz CT molecular complexity index is 1080. The summed E-state index contributed by atoms with van der Waals surface area (Å²) in [4.78, 5) is 1.97. The fourth-order valence-corrected chi connectivity index (χ4v) is 4.28. The molecule has 1 N–H and O–H groups in total. The van der Waals surface area contributed by atoms with Crippen LogP contribution in [0.2, 0.25) is 0 Å². The molecule has 0 bridgehead atoms. The summed E-state index contributed by atoms with van der Waals surface area (Å²) in [7, 11) is -2.96. The lowest BCUT2D eigenvalue weighted by atomic mass is 10.2. The second-order valence-electron chi connectivity index (χ2n) is 6.17. The Kier molecular flexibility index (Phi) is 3.83. The van der Waals surface area contributed by atoms with E-state index in [0.717, 1.165) is 11.8 Å². The Balaban J connectivity index is 1.68. The first-order chi connectivity index (χ1) is 12.4. The van der Waals surface area contributed by atoms with Crippen LogP contribution in [0.15, 0.2) is 36.5 Å². The zero-order chi connectivity index (χ0) is 18.5. The molecule has 0 amide bonds. The number of nitrogens with zero attached hydrogens (tertiary/aromatic N) is 3. The molecule has 0 saturated carbocycles. The van der Waals surface area contributed by atoms with E-state index in [1.54, 1.807) is 24.3 Å². The number of hydrogen-bond acceptors (Lipinski definition) is 5. The van der Waals surface area contributed by atoms with Gasteiger partial charge in [-0.1, -0.05) is 0 Å². The van der Waals surface area contributed by atoms with Crippen LogP contribution in [0.3, 0.4) is 0 Å². The van der Waals surface area contributed by atoms with Gasteiger partial charge in [-0.25, -0.2) is 21.9 Å². The average Bonchev–Trinajstić information content (AvgIpc) is 3.04. The molecule has 1 fully saturated rings. The number of anilines is 1. The van der Waals surface area contributed by atoms with Gasteiger partial charge >= 0.3 is 0 Å². The van der Waals surface area contributed by atoms with Crippen molar-refractivity contribution in [2.24, 2.45) is 0 Å². The molecule has 9 heteroatoms. The topological polar surface area (TPSA) is 75.4 Å². The Morgan fingerprint density at radius 2 is 1.65 bits per heavy atom. The van der Waals surface area contributed by atoms with E-state index < -0.39 is 27.2 Å². The smallest absolute Gasteiger partial charge is 0.194 e. The Labute approximate surface area is 148 Å². The number of benzene rings is 2. The van der Waals surface area contributed by atoms with E-state index in [1.807, 2.05) is 4.90 Å². The third-order valence-corrected chi connectivity index (χ3v) is 6.13. The van der Waals surface area contributed by atoms with E-state index in [9.17, 15) is 22.3 Å². The number of phenolic OH excluding ortho intramolecular Hbond substituents is 1. The molecule has 1 aliphatic rings. The molecule has 26 heavy (non-hydrogen) atoms. The fourth-order valence-electron chi connectivity index (χ4n) is 3.08. The third-order valence-electron chi connectivity index (χ3n) is 4.53. The number of phenols is 1. The largest absolute Gasteiger partial charge is 0.503 e. The van der Waals surface area contributed by atoms with Crippen LogP contribution in [0, 0.1) is 11.6 Å². The van der Waals surface area contributed by atoms with E-state index in [1.165, 1.54) is 10.9 Å². The van der Waals surface area contributed by atoms with Crippen molar-refractivity contribution >= 4 is 26.4 Å². The molecule has 1 saturated heterocycles. The van der Waals surface area contributed by atoms with Crippen molar-refractivity contribution in [2.45, 2.75) is 0 Å². The molecule has 0 spiro atoms. The molecule has 136 valence electrons. The molecule has 0 radical (unpaired) electrons. The van der Waals surface area contributed by atoms with E-state index >= 15 is 0 Å². The zero-order valence-corrected chi connectivity index (χ0v) is 14.4. The first-order valence-corrected chi connectivity index (χ1v) is 9.78. The lowest BCUT2D eigenvalue weighted by molar-refractivity contribution is 0.399. The maximum absolute atomic E-state index is 14.3. The summed E-state index contributed by atoms with van der Waals surface area (Å²) >= 11 is 0. The van der Waals surface area contributed by atoms with Crippen molar-refractivity contribution in [3.63, 3.8) is 0 Å². The molecule has 1 aromatic heterocycles. The molecule has 6 nitrogen and oxygen atoms in total. The number of aromatic hydroxyl groups is 1. The minimum Gasteiger partial charge on any atom is -0.503 e. The quantitative estimate of drug-likeness (QED) is 0.739. The maximum atomic E-state index is 14.3. The SMILES string of the molecule is O=S1(=O)CCN(c2ccc(-n3ncc4cc(F)c(O)c(F)c43)cc2)CC1. The lowest BCUT2D eigenvalue weighted by Crippen LogP contribution is -2.40. The van der Waals surface area contributed by atoms with Crippen molar-refractivity contribution in [3.8, 4) is 11.4 Å². The van der Waals surface area contributed by atoms with Crippen molar-refractivity contribution in [1.82, 2.24) is 9.78 Å². The van der Waals surface area contributed by atoms with Crippen LogP contribution in [0.5, 0.6) is 5.75 Å². The summed E-state index contributed by atoms with van der Waals surface area (Å²) in [6.07, 6.45) is 1.32. The van der Waals surface area contributed by atoms with E-state index in [2.05, 4.69) is 5.10 Å². The molecule has 1 aliphatic heterocycles. The first-order valence-electron chi connectivity index (χ1n) is 7.96. The standard InChI is InChI=1S/C17H15F2N3O3S/c18-14-9-11-10-20-22(16(11)15(19)17(14)23)13-3-1-12(2-4-13)21-5-7-26(24,25)8-6-21/h1-4,9-10,23H,5-8H2. The number of rotatable bonds is 2. The van der Waals surface area contributed by atoms with Crippen LogP contribution in [0.4, 0.5) is 14.5 Å². The van der Waals surface area contributed by atoms with Gasteiger partial charge in [0.1, 0.15) is 5.52 Å². The monoisotopic (exact) mass is 379 g/mol. The highest BCUT2D eigenvalue weighted by atomic mass is 32.2. The minimum absolute atomic E-state index is 0.0132. The van der Waals surface area contributed by atoms with Gasteiger partial charge < -0.3 is 10.0 Å². The zero-order valence-electron chi connectivity index (χ0n) is 13.6. The van der Waals surface area contributed by atoms with Gasteiger partial charge in [0.15, 0.2) is 27.2 Å². The van der Waals surface area contributed by atoms with Gasteiger partial charge in [-0.3, -0.25) is 0 Å². The van der Waals surface area contributed by atoms with Gasteiger partial charge in [-0.15, -0.1) is 0 Å². The van der Waals surface area contributed by atoms with Crippen molar-refractivity contribution < 1.29 is 22.3 Å². The number of fused-ring (bicyclic) bond motifs is 1. The predicted molar refractivity (Wildman–Crippen MR) is 93.5 cm³/mol. The molecular weight excluding hydrogens is 364 g/mol. The number of halogens is 2. The lowest BCUT2D eigenvalue weighted by Gasteiger charge is -2.28. The van der Waals surface area contributed by atoms with Crippen LogP contribution >= 0.6 is 0 Å². The molecule has 4 rings (SSSR count). The summed E-state index contributed by atoms with van der Waals surface area (Å²) < 4.78 is 52.1. The average molecular weight is 379 g/mol. The van der Waals surface area contributed by atoms with Gasteiger partial charge in [0, 0.05) is 24.2 Å². The third kappa shape index (κ3) is 2.78. The molecular formula is C17H15F2N3O3S. The van der Waals surface area contributed by atoms with Gasteiger partial charge in [-0.05, 0) is 30.3 Å². The molecule has 0 unspecified atom stereocenters. The molecule has 2 aromatic carbocycles. The summed E-state index contributed by atoms with van der Waals surface area (Å²) in [5.74, 6) is -2.90. The molecule has 2 heterocycles. The van der Waals surface area contributed by atoms with Crippen LogP contribution in [-0.2, 0) is 9.84 Å². The molecule has 0 aliphatic carbocycles.